The maximum atomic E-state index is 6.22. The molecule has 1 atom stereocenters. The lowest BCUT2D eigenvalue weighted by Crippen LogP contribution is -2.44. The summed E-state index contributed by atoms with van der Waals surface area (Å²) in [7, 11) is 2.05. The van der Waals surface area contributed by atoms with E-state index in [1.165, 1.54) is 18.4 Å². The number of piperidine rings is 1. The van der Waals surface area contributed by atoms with Crippen molar-refractivity contribution in [3.63, 3.8) is 0 Å². The summed E-state index contributed by atoms with van der Waals surface area (Å²) in [5.41, 5.74) is 6.70. The van der Waals surface area contributed by atoms with E-state index in [0.717, 1.165) is 64.9 Å². The second kappa shape index (κ2) is 10.5. The van der Waals surface area contributed by atoms with Crippen LogP contribution in [0.1, 0.15) is 29.7 Å². The monoisotopic (exact) mass is 507 g/mol. The van der Waals surface area contributed by atoms with E-state index in [-0.39, 0.29) is 0 Å². The number of nitrogens with one attached hydrogen (secondary N) is 3. The van der Waals surface area contributed by atoms with E-state index in [0.29, 0.717) is 23.4 Å². The Bertz CT molecular complexity index is 1250. The average molecular weight is 508 g/mol. The van der Waals surface area contributed by atoms with Crippen molar-refractivity contribution in [3.8, 4) is 11.3 Å². The van der Waals surface area contributed by atoms with Gasteiger partial charge in [0.15, 0.2) is 0 Å². The Kier molecular flexibility index (Phi) is 7.24. The van der Waals surface area contributed by atoms with Crippen LogP contribution in [0.5, 0.6) is 0 Å². The van der Waals surface area contributed by atoms with Gasteiger partial charge in [-0.05, 0) is 69.6 Å². The van der Waals surface area contributed by atoms with Crippen molar-refractivity contribution >= 4 is 46.1 Å². The van der Waals surface area contributed by atoms with Gasteiger partial charge in [-0.15, -0.1) is 0 Å². The van der Waals surface area contributed by atoms with Crippen LogP contribution in [0.4, 0.5) is 17.3 Å². The molecule has 1 fully saturated rings. The molecule has 0 saturated carbocycles. The van der Waals surface area contributed by atoms with Crippen molar-refractivity contribution in [2.45, 2.75) is 38.6 Å². The van der Waals surface area contributed by atoms with Gasteiger partial charge in [-0.2, -0.15) is 0 Å². The second-order valence-electron chi connectivity index (χ2n) is 9.26. The molecule has 0 aliphatic carbocycles. The van der Waals surface area contributed by atoms with Crippen LogP contribution in [-0.4, -0.2) is 57.6 Å². The van der Waals surface area contributed by atoms with Crippen LogP contribution in [-0.2, 0) is 12.8 Å². The quantitative estimate of drug-likeness (QED) is 0.412. The van der Waals surface area contributed by atoms with Crippen LogP contribution in [0.2, 0.25) is 5.02 Å². The second-order valence-corrected chi connectivity index (χ2v) is 10.2. The summed E-state index contributed by atoms with van der Waals surface area (Å²) in [6.45, 7) is 5.30. The van der Waals surface area contributed by atoms with E-state index in [1.54, 1.807) is 0 Å². The lowest BCUT2D eigenvalue weighted by atomic mass is 10.0. The first-order chi connectivity index (χ1) is 17.0. The van der Waals surface area contributed by atoms with Gasteiger partial charge < -0.3 is 20.9 Å². The number of aromatic nitrogens is 3. The standard InChI is InChI=1S/C26H30ClN7S/c1-16-22(10-17(13-29-16)7-9-34-8-3-4-20(15-34)28-2)32-26-30-14-18-11-24(35)31-23-12-19(27)5-6-21(23)25(18)33-26/h5-6,10,12-14,20,28H,3-4,7-9,11,15H2,1-2H3,(H,31,35)(H,30,32,33). The highest BCUT2D eigenvalue weighted by atomic mass is 35.5. The molecular formula is C26H30ClN7S. The fraction of sp³-hybridized carbons (Fsp3) is 0.385. The summed E-state index contributed by atoms with van der Waals surface area (Å²) in [6.07, 6.45) is 7.87. The number of likely N-dealkylation sites (N-methyl/N-ethyl adjacent to an activating group) is 1. The topological polar surface area (TPSA) is 78.0 Å². The van der Waals surface area contributed by atoms with E-state index in [9.17, 15) is 0 Å². The summed E-state index contributed by atoms with van der Waals surface area (Å²) in [4.78, 5) is 17.4. The fourth-order valence-electron chi connectivity index (χ4n) is 4.76. The van der Waals surface area contributed by atoms with Gasteiger partial charge in [0.25, 0.3) is 0 Å². The van der Waals surface area contributed by atoms with Crippen molar-refractivity contribution in [2.24, 2.45) is 0 Å². The third kappa shape index (κ3) is 5.62. The lowest BCUT2D eigenvalue weighted by molar-refractivity contribution is 0.197. The molecule has 35 heavy (non-hydrogen) atoms. The molecule has 2 aliphatic heterocycles. The molecule has 3 N–H and O–H groups in total. The number of likely N-dealkylation sites (tertiary alicyclic amines) is 1. The van der Waals surface area contributed by atoms with E-state index in [1.807, 2.05) is 37.5 Å². The number of hydrogen-bond acceptors (Lipinski definition) is 7. The molecule has 4 heterocycles. The largest absolute Gasteiger partial charge is 0.349 e. The van der Waals surface area contributed by atoms with Gasteiger partial charge in [0.1, 0.15) is 0 Å². The molecule has 0 bridgehead atoms. The van der Waals surface area contributed by atoms with Crippen LogP contribution < -0.4 is 16.0 Å². The van der Waals surface area contributed by atoms with Crippen molar-refractivity contribution in [2.75, 3.05) is 37.3 Å². The number of anilines is 3. The molecule has 182 valence electrons. The van der Waals surface area contributed by atoms with Gasteiger partial charge in [-0.25, -0.2) is 9.97 Å². The average Bonchev–Trinajstić information content (AvgIpc) is 2.99. The van der Waals surface area contributed by atoms with E-state index >= 15 is 0 Å². The molecule has 0 radical (unpaired) electrons. The number of aryl methyl sites for hydroxylation is 1. The molecule has 1 aromatic carbocycles. The summed E-state index contributed by atoms with van der Waals surface area (Å²) in [6, 6.07) is 8.48. The molecular weight excluding hydrogens is 478 g/mol. The van der Waals surface area contributed by atoms with Gasteiger partial charge in [0.2, 0.25) is 5.95 Å². The Morgan fingerprint density at radius 3 is 2.97 bits per heavy atom. The first kappa shape index (κ1) is 24.1. The van der Waals surface area contributed by atoms with E-state index in [4.69, 9.17) is 28.8 Å². The molecule has 0 spiro atoms. The number of pyridine rings is 1. The van der Waals surface area contributed by atoms with Gasteiger partial charge in [0, 0.05) is 59.8 Å². The summed E-state index contributed by atoms with van der Waals surface area (Å²) in [5.74, 6) is 0.535. The molecule has 1 saturated heterocycles. The number of hydrogen-bond donors (Lipinski definition) is 3. The molecule has 2 aliphatic rings. The predicted molar refractivity (Wildman–Crippen MR) is 147 cm³/mol. The zero-order valence-corrected chi connectivity index (χ0v) is 21.6. The molecule has 1 unspecified atom stereocenters. The van der Waals surface area contributed by atoms with Crippen LogP contribution in [0, 0.1) is 6.92 Å². The smallest absolute Gasteiger partial charge is 0.227 e. The van der Waals surface area contributed by atoms with Crippen molar-refractivity contribution in [1.29, 1.82) is 0 Å². The van der Waals surface area contributed by atoms with Gasteiger partial charge >= 0.3 is 0 Å². The van der Waals surface area contributed by atoms with Crippen LogP contribution in [0.3, 0.4) is 0 Å². The van der Waals surface area contributed by atoms with E-state index in [2.05, 4.69) is 43.9 Å². The van der Waals surface area contributed by atoms with Crippen molar-refractivity contribution < 1.29 is 0 Å². The Labute approximate surface area is 216 Å². The third-order valence-electron chi connectivity index (χ3n) is 6.75. The number of rotatable bonds is 6. The minimum Gasteiger partial charge on any atom is -0.349 e. The summed E-state index contributed by atoms with van der Waals surface area (Å²) >= 11 is 11.7. The highest BCUT2D eigenvalue weighted by molar-refractivity contribution is 7.80. The normalized spacial score (nSPS) is 17.8. The minimum absolute atomic E-state index is 0.535. The molecule has 7 nitrogen and oxygen atoms in total. The van der Waals surface area contributed by atoms with E-state index < -0.39 is 0 Å². The zero-order chi connectivity index (χ0) is 24.4. The number of benzene rings is 1. The number of thiocarbonyl (C=S) groups is 1. The van der Waals surface area contributed by atoms with Crippen molar-refractivity contribution in [3.05, 3.63) is 58.5 Å². The Morgan fingerprint density at radius 2 is 2.11 bits per heavy atom. The predicted octanol–water partition coefficient (Wildman–Crippen LogP) is 4.77. The number of nitrogens with zero attached hydrogens (tertiary/aromatic N) is 4. The third-order valence-corrected chi connectivity index (χ3v) is 7.23. The maximum Gasteiger partial charge on any atom is 0.227 e. The van der Waals surface area contributed by atoms with Crippen LogP contribution in [0.15, 0.2) is 36.7 Å². The number of halogens is 1. The SMILES string of the molecule is CNC1CCCN(CCc2cnc(C)c(Nc3ncc4c(n3)-c3ccc(Cl)cc3NC(=S)C4)c2)C1. The van der Waals surface area contributed by atoms with Gasteiger partial charge in [0.05, 0.1) is 22.1 Å². The molecule has 3 aromatic rings. The summed E-state index contributed by atoms with van der Waals surface area (Å²) < 4.78 is 0. The summed E-state index contributed by atoms with van der Waals surface area (Å²) in [5, 5.41) is 10.8. The first-order valence-corrected chi connectivity index (χ1v) is 12.8. The highest BCUT2D eigenvalue weighted by Gasteiger charge is 2.21. The first-order valence-electron chi connectivity index (χ1n) is 12.1. The van der Waals surface area contributed by atoms with Crippen LogP contribution >= 0.6 is 23.8 Å². The Balaban J connectivity index is 1.35. The van der Waals surface area contributed by atoms with Crippen LogP contribution in [0.25, 0.3) is 11.3 Å². The van der Waals surface area contributed by atoms with Gasteiger partial charge in [-0.1, -0.05) is 23.8 Å². The lowest BCUT2D eigenvalue weighted by Gasteiger charge is -2.32. The Hall–Kier alpha value is -2.65. The van der Waals surface area contributed by atoms with Crippen molar-refractivity contribution in [1.82, 2.24) is 25.2 Å². The fourth-order valence-corrected chi connectivity index (χ4v) is 5.20. The minimum atomic E-state index is 0.535. The molecule has 9 heteroatoms. The number of fused-ring (bicyclic) bond motifs is 3. The molecule has 2 aromatic heterocycles. The zero-order valence-electron chi connectivity index (χ0n) is 20.1. The Morgan fingerprint density at radius 1 is 1.23 bits per heavy atom. The van der Waals surface area contributed by atoms with Gasteiger partial charge in [-0.3, -0.25) is 4.98 Å². The maximum absolute atomic E-state index is 6.22. The molecule has 0 amide bonds. The highest BCUT2D eigenvalue weighted by Crippen LogP contribution is 2.35. The molecule has 5 rings (SSSR count).